The van der Waals surface area contributed by atoms with E-state index in [2.05, 4.69) is 4.37 Å². The summed E-state index contributed by atoms with van der Waals surface area (Å²) in [5.41, 5.74) is -0.0139. The number of nitrogens with one attached hydrogen (secondary N) is 1. The van der Waals surface area contributed by atoms with Crippen LogP contribution in [0.3, 0.4) is 0 Å². The van der Waals surface area contributed by atoms with Crippen LogP contribution in [0.4, 0.5) is 0 Å². The van der Waals surface area contributed by atoms with Gasteiger partial charge in [-0.25, -0.2) is 0 Å². The fraction of sp³-hybridized carbons (Fsp3) is 0.250. The maximum absolute atomic E-state index is 10.0. The first-order valence-corrected chi connectivity index (χ1v) is 2.84. The average Bonchev–Trinajstić information content (AvgIpc) is 2.24. The summed E-state index contributed by atoms with van der Waals surface area (Å²) in [6.07, 6.45) is 0. The van der Waals surface area contributed by atoms with Crippen molar-refractivity contribution in [2.45, 2.75) is 0 Å². The van der Waals surface area contributed by atoms with Gasteiger partial charge in [-0.1, -0.05) is 11.5 Å². The molecule has 0 aliphatic carbocycles. The topological polar surface area (TPSA) is 53.1 Å². The van der Waals surface area contributed by atoms with Crippen LogP contribution < -0.4 is 5.56 Å². The Labute approximate surface area is 50.8 Å². The normalized spacial score (nSPS) is 7.25. The van der Waals surface area contributed by atoms with Crippen LogP contribution in [0.25, 0.3) is 0 Å². The van der Waals surface area contributed by atoms with Crippen molar-refractivity contribution in [1.82, 2.24) is 4.37 Å². The van der Waals surface area contributed by atoms with E-state index in [9.17, 15) is 4.79 Å². The second-order valence-electron chi connectivity index (χ2n) is 0.887. The molecule has 0 saturated heterocycles. The molecule has 2 N–H and O–H groups in total. The van der Waals surface area contributed by atoms with Crippen LogP contribution in [-0.2, 0) is 0 Å². The van der Waals surface area contributed by atoms with Gasteiger partial charge in [-0.3, -0.25) is 9.17 Å². The summed E-state index contributed by atoms with van der Waals surface area (Å²) in [5.74, 6) is 0. The Morgan fingerprint density at radius 1 is 1.75 bits per heavy atom. The molecule has 0 amide bonds. The third-order valence-electron chi connectivity index (χ3n) is 0.447. The second-order valence-corrected chi connectivity index (χ2v) is 1.60. The van der Waals surface area contributed by atoms with Crippen molar-refractivity contribution in [3.8, 4) is 0 Å². The zero-order valence-corrected chi connectivity index (χ0v) is 5.23. The molecule has 0 aromatic carbocycles. The number of rotatable bonds is 0. The summed E-state index contributed by atoms with van der Waals surface area (Å²) >= 11 is 1.30. The molecular weight excluding hydrogens is 126 g/mol. The minimum Gasteiger partial charge on any atom is -0.400 e. The third-order valence-corrected chi connectivity index (χ3v) is 1.04. The molecular formula is C4H7NO2S. The predicted octanol–water partition coefficient (Wildman–Crippen LogP) is 0.0449. The molecule has 0 aliphatic rings. The molecule has 0 radical (unpaired) electrons. The molecule has 1 aromatic heterocycles. The first kappa shape index (κ1) is 7.39. The van der Waals surface area contributed by atoms with Gasteiger partial charge < -0.3 is 5.11 Å². The highest BCUT2D eigenvalue weighted by Gasteiger charge is 1.72. The standard InChI is InChI=1S/C3H3NOS.CH4O/c5-3-1-2-6-4-3;1-2/h1-2H,(H,4,5);2H,1H3. The van der Waals surface area contributed by atoms with Crippen LogP contribution in [0.2, 0.25) is 0 Å². The summed E-state index contributed by atoms with van der Waals surface area (Å²) in [6, 6.07) is 1.49. The molecule has 0 atom stereocenters. The molecule has 1 heterocycles. The number of hydrogen-bond donors (Lipinski definition) is 2. The van der Waals surface area contributed by atoms with Crippen molar-refractivity contribution in [3.05, 3.63) is 21.8 Å². The van der Waals surface area contributed by atoms with Crippen molar-refractivity contribution in [2.75, 3.05) is 7.11 Å². The molecule has 0 bridgehead atoms. The van der Waals surface area contributed by atoms with Gasteiger partial charge in [0.15, 0.2) is 0 Å². The number of aromatic nitrogens is 1. The van der Waals surface area contributed by atoms with Crippen molar-refractivity contribution in [2.24, 2.45) is 0 Å². The van der Waals surface area contributed by atoms with Gasteiger partial charge in [0.1, 0.15) is 0 Å². The molecule has 0 saturated carbocycles. The highest BCUT2D eigenvalue weighted by atomic mass is 32.1. The fourth-order valence-electron chi connectivity index (χ4n) is 0.222. The Kier molecular flexibility index (Phi) is 4.20. The molecule has 4 heteroatoms. The molecule has 8 heavy (non-hydrogen) atoms. The van der Waals surface area contributed by atoms with Gasteiger partial charge in [-0.2, -0.15) is 0 Å². The summed E-state index contributed by atoms with van der Waals surface area (Å²) < 4.78 is 2.49. The van der Waals surface area contributed by atoms with Crippen molar-refractivity contribution in [3.63, 3.8) is 0 Å². The van der Waals surface area contributed by atoms with Gasteiger partial charge in [-0.05, 0) is 0 Å². The smallest absolute Gasteiger partial charge is 0.257 e. The number of aliphatic hydroxyl groups excluding tert-OH is 1. The number of aromatic amines is 1. The van der Waals surface area contributed by atoms with E-state index in [0.29, 0.717) is 0 Å². The van der Waals surface area contributed by atoms with Crippen LogP contribution in [0, 0.1) is 0 Å². The number of H-pyrrole nitrogens is 1. The van der Waals surface area contributed by atoms with Crippen molar-refractivity contribution >= 4 is 11.5 Å². The summed E-state index contributed by atoms with van der Waals surface area (Å²) in [5, 5.41) is 8.71. The Hall–Kier alpha value is -0.610. The quantitative estimate of drug-likeness (QED) is 0.525. The Morgan fingerprint density at radius 2 is 2.38 bits per heavy atom. The van der Waals surface area contributed by atoms with Gasteiger partial charge in [0.25, 0.3) is 5.56 Å². The summed E-state index contributed by atoms with van der Waals surface area (Å²) in [4.78, 5) is 10.0. The lowest BCUT2D eigenvalue weighted by Crippen LogP contribution is -1.90. The molecule has 0 aliphatic heterocycles. The Balaban J connectivity index is 0.000000222. The SMILES string of the molecule is CO.O=c1ccs[nH]1. The summed E-state index contributed by atoms with van der Waals surface area (Å²) in [6.45, 7) is 0. The monoisotopic (exact) mass is 133 g/mol. The molecule has 0 unspecified atom stereocenters. The van der Waals surface area contributed by atoms with Crippen LogP contribution in [0.1, 0.15) is 0 Å². The van der Waals surface area contributed by atoms with E-state index in [1.165, 1.54) is 17.6 Å². The highest BCUT2D eigenvalue weighted by Crippen LogP contribution is 1.77. The lowest BCUT2D eigenvalue weighted by Gasteiger charge is -1.49. The molecule has 0 fully saturated rings. The van der Waals surface area contributed by atoms with E-state index in [1.807, 2.05) is 0 Å². The van der Waals surface area contributed by atoms with Crippen molar-refractivity contribution in [1.29, 1.82) is 0 Å². The summed E-state index contributed by atoms with van der Waals surface area (Å²) in [7, 11) is 1.00. The van der Waals surface area contributed by atoms with Crippen molar-refractivity contribution < 1.29 is 5.11 Å². The molecule has 1 rings (SSSR count). The maximum Gasteiger partial charge on any atom is 0.257 e. The lowest BCUT2D eigenvalue weighted by molar-refractivity contribution is 0.399. The molecule has 46 valence electrons. The molecule has 1 aromatic rings. The Bertz CT molecular complexity index is 152. The van der Waals surface area contributed by atoms with E-state index in [-0.39, 0.29) is 5.56 Å². The van der Waals surface area contributed by atoms with Crippen LogP contribution in [-0.4, -0.2) is 16.6 Å². The average molecular weight is 133 g/mol. The molecule has 0 spiro atoms. The Morgan fingerprint density at radius 3 is 2.50 bits per heavy atom. The predicted molar refractivity (Wildman–Crippen MR) is 33.1 cm³/mol. The van der Waals surface area contributed by atoms with Crippen LogP contribution >= 0.6 is 11.5 Å². The highest BCUT2D eigenvalue weighted by molar-refractivity contribution is 7.03. The lowest BCUT2D eigenvalue weighted by atomic mass is 10.8. The van der Waals surface area contributed by atoms with E-state index in [1.54, 1.807) is 5.38 Å². The maximum atomic E-state index is 10.0. The molecule has 3 nitrogen and oxygen atoms in total. The zero-order valence-electron chi connectivity index (χ0n) is 4.42. The number of hydrogen-bond acceptors (Lipinski definition) is 3. The van der Waals surface area contributed by atoms with Gasteiger partial charge in [-0.15, -0.1) is 0 Å². The van der Waals surface area contributed by atoms with Gasteiger partial charge >= 0.3 is 0 Å². The largest absolute Gasteiger partial charge is 0.400 e. The van der Waals surface area contributed by atoms with Crippen LogP contribution in [0.5, 0.6) is 0 Å². The van der Waals surface area contributed by atoms with Gasteiger partial charge in [0.05, 0.1) is 0 Å². The first-order valence-electron chi connectivity index (χ1n) is 1.96. The number of aliphatic hydroxyl groups is 1. The van der Waals surface area contributed by atoms with E-state index < -0.39 is 0 Å². The van der Waals surface area contributed by atoms with E-state index >= 15 is 0 Å². The van der Waals surface area contributed by atoms with E-state index in [0.717, 1.165) is 7.11 Å². The van der Waals surface area contributed by atoms with Gasteiger partial charge in [0, 0.05) is 18.6 Å². The minimum atomic E-state index is -0.0139. The third kappa shape index (κ3) is 2.54. The zero-order chi connectivity index (χ0) is 6.41. The second kappa shape index (κ2) is 4.55. The van der Waals surface area contributed by atoms with Crippen LogP contribution in [0.15, 0.2) is 16.2 Å². The minimum absolute atomic E-state index is 0.0139. The first-order chi connectivity index (χ1) is 3.89. The fourth-order valence-corrected chi connectivity index (χ4v) is 0.666. The van der Waals surface area contributed by atoms with E-state index in [4.69, 9.17) is 5.11 Å². The van der Waals surface area contributed by atoms with Gasteiger partial charge in [0.2, 0.25) is 0 Å².